The Morgan fingerprint density at radius 1 is 1.06 bits per heavy atom. The molecule has 0 bridgehead atoms. The Morgan fingerprint density at radius 3 is 2.71 bits per heavy atom. The molecule has 0 fully saturated rings. The van der Waals surface area contributed by atoms with Crippen molar-refractivity contribution in [2.45, 2.75) is 13.2 Å². The highest BCUT2D eigenvalue weighted by atomic mass is 32.1. The smallest absolute Gasteiger partial charge is 0.214 e. The van der Waals surface area contributed by atoms with Crippen LogP contribution in [0.5, 0.6) is 11.5 Å². The SMILES string of the molecule is COc1ccccc1-c1n[nH]c(=S)n1NCc1cccc(OCc2ccccc2F)c1. The van der Waals surface area contributed by atoms with Crippen LogP contribution in [0, 0.1) is 10.6 Å². The molecule has 1 aromatic heterocycles. The second kappa shape index (κ2) is 9.44. The minimum atomic E-state index is -0.279. The molecule has 0 spiro atoms. The van der Waals surface area contributed by atoms with Gasteiger partial charge >= 0.3 is 0 Å². The number of aromatic amines is 1. The molecule has 1 heterocycles. The van der Waals surface area contributed by atoms with Crippen LogP contribution in [0.4, 0.5) is 4.39 Å². The van der Waals surface area contributed by atoms with Crippen molar-refractivity contribution in [2.75, 3.05) is 12.5 Å². The summed E-state index contributed by atoms with van der Waals surface area (Å²) in [6, 6.07) is 21.8. The molecule has 4 rings (SSSR count). The maximum Gasteiger partial charge on any atom is 0.214 e. The number of rotatable bonds is 8. The van der Waals surface area contributed by atoms with Gasteiger partial charge in [0.15, 0.2) is 5.82 Å². The Morgan fingerprint density at radius 2 is 1.87 bits per heavy atom. The first-order valence-corrected chi connectivity index (χ1v) is 10.1. The molecule has 0 radical (unpaired) electrons. The molecule has 0 aliphatic carbocycles. The van der Waals surface area contributed by atoms with E-state index < -0.39 is 0 Å². The van der Waals surface area contributed by atoms with Gasteiger partial charge in [0.25, 0.3) is 0 Å². The van der Waals surface area contributed by atoms with Crippen molar-refractivity contribution in [1.82, 2.24) is 14.9 Å². The molecule has 0 saturated heterocycles. The minimum absolute atomic E-state index is 0.161. The third-order valence-corrected chi connectivity index (χ3v) is 4.99. The van der Waals surface area contributed by atoms with Crippen molar-refractivity contribution in [3.05, 3.63) is 94.5 Å². The highest BCUT2D eigenvalue weighted by Crippen LogP contribution is 2.27. The second-order valence-electron chi connectivity index (χ2n) is 6.75. The number of benzene rings is 3. The van der Waals surface area contributed by atoms with Gasteiger partial charge in [-0.1, -0.05) is 42.5 Å². The van der Waals surface area contributed by atoms with Gasteiger partial charge in [-0.25, -0.2) is 14.2 Å². The molecule has 0 saturated carbocycles. The molecular weight excluding hydrogens is 415 g/mol. The number of aromatic nitrogens is 3. The molecule has 6 nitrogen and oxygen atoms in total. The summed E-state index contributed by atoms with van der Waals surface area (Å²) in [6.45, 7) is 0.640. The van der Waals surface area contributed by atoms with E-state index in [9.17, 15) is 4.39 Å². The summed E-state index contributed by atoms with van der Waals surface area (Å²) < 4.78 is 27.2. The first-order chi connectivity index (χ1) is 15.2. The number of halogens is 1. The van der Waals surface area contributed by atoms with E-state index >= 15 is 0 Å². The maximum absolute atomic E-state index is 13.8. The summed E-state index contributed by atoms with van der Waals surface area (Å²) in [4.78, 5) is 0. The number of H-pyrrole nitrogens is 1. The van der Waals surface area contributed by atoms with Crippen LogP contribution in [0.1, 0.15) is 11.1 Å². The third kappa shape index (κ3) is 4.75. The number of nitrogens with zero attached hydrogens (tertiary/aromatic N) is 2. The fourth-order valence-corrected chi connectivity index (χ4v) is 3.34. The summed E-state index contributed by atoms with van der Waals surface area (Å²) in [5.74, 6) is 1.69. The molecule has 0 aliphatic rings. The molecule has 4 aromatic rings. The van der Waals surface area contributed by atoms with Gasteiger partial charge in [-0.05, 0) is 48.1 Å². The van der Waals surface area contributed by atoms with Gasteiger partial charge in [-0.15, -0.1) is 0 Å². The molecule has 3 aromatic carbocycles. The van der Waals surface area contributed by atoms with Crippen LogP contribution in [0.3, 0.4) is 0 Å². The normalized spacial score (nSPS) is 10.6. The quantitative estimate of drug-likeness (QED) is 0.377. The molecule has 0 atom stereocenters. The Bertz CT molecular complexity index is 1240. The van der Waals surface area contributed by atoms with Gasteiger partial charge in [-0.2, -0.15) is 5.10 Å². The van der Waals surface area contributed by atoms with Crippen molar-refractivity contribution in [2.24, 2.45) is 0 Å². The van der Waals surface area contributed by atoms with Crippen LogP contribution in [0.25, 0.3) is 11.4 Å². The summed E-state index contributed by atoms with van der Waals surface area (Å²) in [5, 5.41) is 7.15. The molecule has 31 heavy (non-hydrogen) atoms. The predicted molar refractivity (Wildman–Crippen MR) is 120 cm³/mol. The van der Waals surface area contributed by atoms with Crippen LogP contribution in [-0.4, -0.2) is 22.0 Å². The monoisotopic (exact) mass is 436 g/mol. The second-order valence-corrected chi connectivity index (χ2v) is 7.14. The molecule has 0 aliphatic heterocycles. The first kappa shape index (κ1) is 20.6. The summed E-state index contributed by atoms with van der Waals surface area (Å²) >= 11 is 5.38. The zero-order valence-electron chi connectivity index (χ0n) is 16.8. The van der Waals surface area contributed by atoms with Gasteiger partial charge in [0, 0.05) is 5.56 Å². The number of hydrogen-bond acceptors (Lipinski definition) is 5. The van der Waals surface area contributed by atoms with Crippen molar-refractivity contribution in [1.29, 1.82) is 0 Å². The Labute approximate surface area is 184 Å². The van der Waals surface area contributed by atoms with E-state index in [4.69, 9.17) is 21.7 Å². The van der Waals surface area contributed by atoms with Gasteiger partial charge in [0.2, 0.25) is 4.77 Å². The average molecular weight is 437 g/mol. The van der Waals surface area contributed by atoms with Gasteiger partial charge < -0.3 is 14.9 Å². The third-order valence-electron chi connectivity index (χ3n) is 4.71. The van der Waals surface area contributed by atoms with E-state index in [1.165, 1.54) is 6.07 Å². The number of para-hydroxylation sites is 1. The maximum atomic E-state index is 13.8. The van der Waals surface area contributed by atoms with E-state index in [2.05, 4.69) is 15.6 Å². The fourth-order valence-electron chi connectivity index (χ4n) is 3.15. The molecule has 158 valence electrons. The largest absolute Gasteiger partial charge is 0.496 e. The van der Waals surface area contributed by atoms with E-state index in [0.29, 0.717) is 34.2 Å². The lowest BCUT2D eigenvalue weighted by Crippen LogP contribution is -2.16. The summed E-state index contributed by atoms with van der Waals surface area (Å²) in [5.41, 5.74) is 5.58. The topological polar surface area (TPSA) is 64.1 Å². The van der Waals surface area contributed by atoms with Crippen molar-refractivity contribution < 1.29 is 13.9 Å². The predicted octanol–water partition coefficient (Wildman–Crippen LogP) is 5.08. The number of nitrogens with one attached hydrogen (secondary N) is 2. The average Bonchev–Trinajstić information content (AvgIpc) is 3.17. The van der Waals surface area contributed by atoms with Crippen LogP contribution in [0.15, 0.2) is 72.8 Å². The van der Waals surface area contributed by atoms with Gasteiger partial charge in [0.05, 0.1) is 19.2 Å². The molecule has 0 unspecified atom stereocenters. The molecule has 8 heteroatoms. The van der Waals surface area contributed by atoms with Crippen molar-refractivity contribution in [3.8, 4) is 22.9 Å². The zero-order chi connectivity index (χ0) is 21.6. The molecule has 2 N–H and O–H groups in total. The van der Waals surface area contributed by atoms with Crippen molar-refractivity contribution in [3.63, 3.8) is 0 Å². The standard InChI is InChI=1S/C23H21FN4O2S/c1-29-21-12-5-3-10-19(21)22-26-27-23(31)28(22)25-14-16-7-6-9-18(13-16)30-15-17-8-2-4-11-20(17)24/h2-13,25H,14-15H2,1H3,(H,27,31). The molecule has 0 amide bonds. The Hall–Kier alpha value is -3.65. The van der Waals surface area contributed by atoms with Crippen molar-refractivity contribution >= 4 is 12.2 Å². The Kier molecular flexibility index (Phi) is 6.28. The van der Waals surface area contributed by atoms with E-state index in [0.717, 1.165) is 11.1 Å². The molecular formula is C23H21FN4O2S. The number of hydrogen-bond donors (Lipinski definition) is 2. The van der Waals surface area contributed by atoms with Gasteiger partial charge in [0.1, 0.15) is 23.9 Å². The van der Waals surface area contributed by atoms with Crippen LogP contribution in [0.2, 0.25) is 0 Å². The van der Waals surface area contributed by atoms with E-state index in [1.807, 2.05) is 48.5 Å². The fraction of sp³-hybridized carbons (Fsp3) is 0.130. The highest BCUT2D eigenvalue weighted by molar-refractivity contribution is 7.71. The lowest BCUT2D eigenvalue weighted by atomic mass is 10.2. The minimum Gasteiger partial charge on any atom is -0.496 e. The lowest BCUT2D eigenvalue weighted by Gasteiger charge is -2.13. The number of methoxy groups -OCH3 is 1. The Balaban J connectivity index is 1.48. The summed E-state index contributed by atoms with van der Waals surface area (Å²) in [7, 11) is 1.62. The highest BCUT2D eigenvalue weighted by Gasteiger charge is 2.13. The van der Waals surface area contributed by atoms with E-state index in [-0.39, 0.29) is 12.4 Å². The van der Waals surface area contributed by atoms with Crippen LogP contribution < -0.4 is 14.9 Å². The van der Waals surface area contributed by atoms with Gasteiger partial charge in [-0.3, -0.25) is 0 Å². The lowest BCUT2D eigenvalue weighted by molar-refractivity contribution is 0.299. The van der Waals surface area contributed by atoms with Crippen LogP contribution in [-0.2, 0) is 13.2 Å². The van der Waals surface area contributed by atoms with Crippen LogP contribution >= 0.6 is 12.2 Å². The van der Waals surface area contributed by atoms with E-state index in [1.54, 1.807) is 30.0 Å². The zero-order valence-corrected chi connectivity index (χ0v) is 17.7. The number of ether oxygens (including phenoxy) is 2. The first-order valence-electron chi connectivity index (χ1n) is 9.65. The summed E-state index contributed by atoms with van der Waals surface area (Å²) in [6.07, 6.45) is 0.